The number of hydrogen-bond donors (Lipinski definition) is 0. The van der Waals surface area contributed by atoms with Crippen molar-refractivity contribution in [2.45, 2.75) is 26.2 Å². The zero-order chi connectivity index (χ0) is 11.1. The lowest BCUT2D eigenvalue weighted by molar-refractivity contribution is 0.586. The quantitative estimate of drug-likeness (QED) is 0.595. The van der Waals surface area contributed by atoms with Gasteiger partial charge in [-0.05, 0) is 23.0 Å². The minimum Gasteiger partial charge on any atom is -0.293 e. The van der Waals surface area contributed by atoms with E-state index < -0.39 is 0 Å². The van der Waals surface area contributed by atoms with Crippen LogP contribution in [0.1, 0.15) is 32.2 Å². The number of aromatic nitrogens is 2. The van der Waals surface area contributed by atoms with Crippen molar-refractivity contribution < 1.29 is 0 Å². The van der Waals surface area contributed by atoms with E-state index >= 15 is 0 Å². The van der Waals surface area contributed by atoms with Gasteiger partial charge in [0, 0.05) is 6.20 Å². The van der Waals surface area contributed by atoms with Crippen LogP contribution < -0.4 is 0 Å². The highest BCUT2D eigenvalue weighted by molar-refractivity contribution is 5.49. The van der Waals surface area contributed by atoms with Gasteiger partial charge in [0.25, 0.3) is 0 Å². The molecule has 76 valence electrons. The molecule has 2 heterocycles. The molecule has 0 aliphatic carbocycles. The summed E-state index contributed by atoms with van der Waals surface area (Å²) in [6.45, 7) is 6.54. The molecule has 0 N–H and O–H groups in total. The largest absolute Gasteiger partial charge is 0.293 e. The fourth-order valence-electron chi connectivity index (χ4n) is 1.54. The molecule has 2 heteroatoms. The first kappa shape index (κ1) is 9.79. The first-order chi connectivity index (χ1) is 7.02. The molecule has 2 aromatic rings. The van der Waals surface area contributed by atoms with Crippen LogP contribution in [0.4, 0.5) is 0 Å². The van der Waals surface area contributed by atoms with Crippen LogP contribution in [0, 0.1) is 12.3 Å². The molecule has 0 atom stereocenters. The summed E-state index contributed by atoms with van der Waals surface area (Å²) < 4.78 is 1.96. The average Bonchev–Trinajstić information content (AvgIpc) is 2.57. The fraction of sp³-hybridized carbons (Fsp3) is 0.308. The SMILES string of the molecule is C#Cc1ncc2ccc(C(C)(C)C)cn12. The predicted molar refractivity (Wildman–Crippen MR) is 61.8 cm³/mol. The third-order valence-corrected chi connectivity index (χ3v) is 2.52. The molecule has 0 saturated carbocycles. The van der Waals surface area contributed by atoms with Crippen molar-refractivity contribution in [3.8, 4) is 12.3 Å². The van der Waals surface area contributed by atoms with Crippen LogP contribution in [0.3, 0.4) is 0 Å². The third-order valence-electron chi connectivity index (χ3n) is 2.52. The van der Waals surface area contributed by atoms with Gasteiger partial charge in [-0.25, -0.2) is 4.98 Å². The molecule has 0 fully saturated rings. The zero-order valence-corrected chi connectivity index (χ0v) is 9.28. The van der Waals surface area contributed by atoms with Gasteiger partial charge in [0.05, 0.1) is 11.7 Å². The number of fused-ring (bicyclic) bond motifs is 1. The monoisotopic (exact) mass is 198 g/mol. The highest BCUT2D eigenvalue weighted by atomic mass is 15.0. The third kappa shape index (κ3) is 1.61. The maximum absolute atomic E-state index is 5.39. The van der Waals surface area contributed by atoms with E-state index in [-0.39, 0.29) is 5.41 Å². The van der Waals surface area contributed by atoms with Gasteiger partial charge in [0.15, 0.2) is 5.82 Å². The van der Waals surface area contributed by atoms with E-state index in [4.69, 9.17) is 6.42 Å². The summed E-state index contributed by atoms with van der Waals surface area (Å²) in [6.07, 6.45) is 9.25. The van der Waals surface area contributed by atoms with Crippen LogP contribution in [-0.2, 0) is 5.41 Å². The Bertz CT molecular complexity index is 536. The Morgan fingerprint density at radius 3 is 2.67 bits per heavy atom. The van der Waals surface area contributed by atoms with E-state index in [1.165, 1.54) is 5.56 Å². The smallest absolute Gasteiger partial charge is 0.189 e. The minimum absolute atomic E-state index is 0.129. The van der Waals surface area contributed by atoms with Crippen molar-refractivity contribution in [3.63, 3.8) is 0 Å². The van der Waals surface area contributed by atoms with Gasteiger partial charge in [-0.2, -0.15) is 0 Å². The van der Waals surface area contributed by atoms with E-state index in [1.54, 1.807) is 6.20 Å². The molecule has 0 aromatic carbocycles. The van der Waals surface area contributed by atoms with Crippen molar-refractivity contribution in [2.75, 3.05) is 0 Å². The van der Waals surface area contributed by atoms with Crippen molar-refractivity contribution >= 4 is 5.52 Å². The first-order valence-electron chi connectivity index (χ1n) is 4.96. The summed E-state index contributed by atoms with van der Waals surface area (Å²) in [4.78, 5) is 4.16. The number of pyridine rings is 1. The van der Waals surface area contributed by atoms with Crippen molar-refractivity contribution in [1.82, 2.24) is 9.38 Å². The number of rotatable bonds is 0. The lowest BCUT2D eigenvalue weighted by Gasteiger charge is -2.18. The molecule has 0 amide bonds. The summed E-state index contributed by atoms with van der Waals surface area (Å²) in [5.41, 5.74) is 2.42. The normalized spacial score (nSPS) is 11.6. The van der Waals surface area contributed by atoms with E-state index in [9.17, 15) is 0 Å². The van der Waals surface area contributed by atoms with E-state index in [1.807, 2.05) is 4.40 Å². The van der Waals surface area contributed by atoms with Gasteiger partial charge in [-0.1, -0.05) is 26.8 Å². The van der Waals surface area contributed by atoms with Crippen molar-refractivity contribution in [2.24, 2.45) is 0 Å². The molecule has 2 aromatic heterocycles. The molecule has 0 saturated heterocycles. The highest BCUT2D eigenvalue weighted by Gasteiger charge is 2.14. The lowest BCUT2D eigenvalue weighted by atomic mass is 9.88. The maximum atomic E-state index is 5.39. The Morgan fingerprint density at radius 2 is 2.07 bits per heavy atom. The Hall–Kier alpha value is -1.75. The Morgan fingerprint density at radius 1 is 1.33 bits per heavy atom. The minimum atomic E-state index is 0.129. The van der Waals surface area contributed by atoms with Crippen LogP contribution in [0.15, 0.2) is 24.5 Å². The molecule has 0 bridgehead atoms. The molecule has 2 nitrogen and oxygen atoms in total. The first-order valence-corrected chi connectivity index (χ1v) is 4.96. The molecule has 0 aliphatic heterocycles. The second-order valence-electron chi connectivity index (χ2n) is 4.69. The Labute approximate surface area is 90.0 Å². The summed E-state index contributed by atoms with van der Waals surface area (Å²) in [7, 11) is 0. The van der Waals surface area contributed by atoms with E-state index in [0.29, 0.717) is 5.82 Å². The van der Waals surface area contributed by atoms with Gasteiger partial charge < -0.3 is 0 Å². The standard InChI is InChI=1S/C13H14N2/c1-5-12-14-8-11-7-6-10(9-15(11)12)13(2,3)4/h1,6-9H,2-4H3. The molecular weight excluding hydrogens is 184 g/mol. The Kier molecular flexibility index (Phi) is 2.04. The van der Waals surface area contributed by atoms with Gasteiger partial charge >= 0.3 is 0 Å². The molecule has 0 radical (unpaired) electrons. The summed E-state index contributed by atoms with van der Waals surface area (Å²) in [5.74, 6) is 3.24. The van der Waals surface area contributed by atoms with Gasteiger partial charge in [-0.15, -0.1) is 6.42 Å². The molecule has 0 spiro atoms. The van der Waals surface area contributed by atoms with Gasteiger partial charge in [0.2, 0.25) is 0 Å². The van der Waals surface area contributed by atoms with Crippen LogP contribution in [0.25, 0.3) is 5.52 Å². The van der Waals surface area contributed by atoms with Gasteiger partial charge in [0.1, 0.15) is 0 Å². The summed E-state index contributed by atoms with van der Waals surface area (Å²) in [5, 5.41) is 0. The zero-order valence-electron chi connectivity index (χ0n) is 9.28. The summed E-state index contributed by atoms with van der Waals surface area (Å²) >= 11 is 0. The molecule has 15 heavy (non-hydrogen) atoms. The fourth-order valence-corrected chi connectivity index (χ4v) is 1.54. The number of terminal acetylenes is 1. The molecule has 2 rings (SSSR count). The molecule has 0 aliphatic rings. The van der Waals surface area contributed by atoms with E-state index in [0.717, 1.165) is 5.52 Å². The second kappa shape index (κ2) is 3.13. The Balaban J connectivity index is 2.69. The molecule has 0 unspecified atom stereocenters. The van der Waals surface area contributed by atoms with Crippen LogP contribution in [0.5, 0.6) is 0 Å². The number of nitrogens with zero attached hydrogens (tertiary/aromatic N) is 2. The van der Waals surface area contributed by atoms with Crippen LogP contribution >= 0.6 is 0 Å². The lowest BCUT2D eigenvalue weighted by Crippen LogP contribution is -2.12. The number of hydrogen-bond acceptors (Lipinski definition) is 1. The van der Waals surface area contributed by atoms with E-state index in [2.05, 4.69) is 50.0 Å². The molecular formula is C13H14N2. The van der Waals surface area contributed by atoms with Crippen LogP contribution in [-0.4, -0.2) is 9.38 Å². The highest BCUT2D eigenvalue weighted by Crippen LogP contribution is 2.22. The second-order valence-corrected chi connectivity index (χ2v) is 4.69. The van der Waals surface area contributed by atoms with Crippen molar-refractivity contribution in [3.05, 3.63) is 35.9 Å². The maximum Gasteiger partial charge on any atom is 0.189 e. The summed E-state index contributed by atoms with van der Waals surface area (Å²) in [6, 6.07) is 4.17. The van der Waals surface area contributed by atoms with Gasteiger partial charge in [-0.3, -0.25) is 4.40 Å². The average molecular weight is 198 g/mol. The predicted octanol–water partition coefficient (Wildman–Crippen LogP) is 2.61. The number of imidazole rings is 1. The van der Waals surface area contributed by atoms with Crippen LogP contribution in [0.2, 0.25) is 0 Å². The van der Waals surface area contributed by atoms with Crippen molar-refractivity contribution in [1.29, 1.82) is 0 Å². The topological polar surface area (TPSA) is 17.3 Å².